The van der Waals surface area contributed by atoms with Crippen LogP contribution in [0.2, 0.25) is 0 Å². The Balaban J connectivity index is 1.12. The number of carbonyl (C=O) groups is 2. The van der Waals surface area contributed by atoms with Crippen molar-refractivity contribution in [3.63, 3.8) is 0 Å². The van der Waals surface area contributed by atoms with Gasteiger partial charge in [-0.1, -0.05) is 91.8 Å². The van der Waals surface area contributed by atoms with E-state index in [9.17, 15) is 24.9 Å². The van der Waals surface area contributed by atoms with Gasteiger partial charge in [-0.3, -0.25) is 14.9 Å². The molecule has 0 amide bonds. The number of aliphatic hydroxyl groups is 2. The van der Waals surface area contributed by atoms with Crippen molar-refractivity contribution >= 4 is 11.8 Å². The van der Waals surface area contributed by atoms with E-state index in [4.69, 9.17) is 23.7 Å². The van der Waals surface area contributed by atoms with E-state index in [0.717, 1.165) is 18.4 Å². The molecule has 1 aromatic rings. The Morgan fingerprint density at radius 3 is 2.23 bits per heavy atom. The largest absolute Gasteiger partial charge is 0.481 e. The van der Waals surface area contributed by atoms with Gasteiger partial charge < -0.3 is 39.0 Å². The van der Waals surface area contributed by atoms with E-state index in [0.29, 0.717) is 51.5 Å². The predicted octanol–water partition coefficient (Wildman–Crippen LogP) is 7.60. The fourth-order valence-electron chi connectivity index (χ4n) is 12.4. The summed E-state index contributed by atoms with van der Waals surface area (Å²) >= 11 is 0. The van der Waals surface area contributed by atoms with Gasteiger partial charge in [-0.2, -0.15) is 0 Å². The van der Waals surface area contributed by atoms with Gasteiger partial charge in [0.15, 0.2) is 11.6 Å². The number of rotatable bonds is 15. The number of aliphatic carboxylic acids is 1. The number of hydrogen-bond donors (Lipinski definition) is 4. The van der Waals surface area contributed by atoms with Crippen molar-refractivity contribution in [2.45, 2.75) is 199 Å². The van der Waals surface area contributed by atoms with Gasteiger partial charge in [0.1, 0.15) is 11.3 Å². The molecular weight excluding hydrogens is 763 g/mol. The van der Waals surface area contributed by atoms with Crippen LogP contribution in [-0.4, -0.2) is 92.0 Å². The van der Waals surface area contributed by atoms with Crippen molar-refractivity contribution < 1.29 is 48.6 Å². The molecule has 0 aromatic heterocycles. The van der Waals surface area contributed by atoms with Crippen LogP contribution in [0.1, 0.15) is 133 Å². The van der Waals surface area contributed by atoms with Crippen LogP contribution in [-0.2, 0) is 39.8 Å². The molecule has 5 fully saturated rings. The number of carboxylic acids is 1. The van der Waals surface area contributed by atoms with Gasteiger partial charge in [0, 0.05) is 36.1 Å². The third-order valence-electron chi connectivity index (χ3n) is 16.6. The summed E-state index contributed by atoms with van der Waals surface area (Å²) in [4.78, 5) is 26.7. The molecule has 4 N–H and O–H groups in total. The summed E-state index contributed by atoms with van der Waals surface area (Å²) in [5.74, 6) is -5.17. The number of aliphatic hydroxyl groups excluding tert-OH is 1. The van der Waals surface area contributed by atoms with E-state index in [-0.39, 0.29) is 53.7 Å². The fraction of sp³-hybridized carbons (Fsp3) is 0.796. The second-order valence-corrected chi connectivity index (χ2v) is 20.3. The first-order valence-corrected chi connectivity index (χ1v) is 23.4. The van der Waals surface area contributed by atoms with Crippen molar-refractivity contribution in [2.24, 2.45) is 47.3 Å². The lowest BCUT2D eigenvalue weighted by Crippen LogP contribution is -2.62. The van der Waals surface area contributed by atoms with E-state index < -0.39 is 70.4 Å². The fourth-order valence-corrected chi connectivity index (χ4v) is 12.4. The lowest BCUT2D eigenvalue weighted by molar-refractivity contribution is -0.376. The van der Waals surface area contributed by atoms with Crippen LogP contribution in [0.15, 0.2) is 42.5 Å². The summed E-state index contributed by atoms with van der Waals surface area (Å²) in [6.45, 7) is 20.7. The Kier molecular flexibility index (Phi) is 13.0. The molecule has 0 bridgehead atoms. The SMILES string of the molecule is CC[C@@H](C(=O)[C@@H](C)[C@@H](O)[C@H](C)[C@@H]1O[C@@H]([C@@H](CC)C(=O)O)CC[C@@H]1C)[C@H]1OC2(C=C[C@]3(NCc4ccccc4)C4C[C@@](C)([C@H]5CC[C@](O)(CC)[C@H](C)O5)O[C@]43O2)[C@H](C)C[C@@H]1C. The van der Waals surface area contributed by atoms with Crippen molar-refractivity contribution in [1.82, 2.24) is 5.32 Å². The molecule has 0 radical (unpaired) electrons. The second-order valence-electron chi connectivity index (χ2n) is 20.3. The number of ether oxygens (including phenoxy) is 5. The molecule has 2 spiro atoms. The number of benzene rings is 1. The first-order valence-electron chi connectivity index (χ1n) is 23.4. The molecule has 1 aliphatic carbocycles. The third-order valence-corrected chi connectivity index (χ3v) is 16.6. The molecule has 336 valence electrons. The smallest absolute Gasteiger partial charge is 0.309 e. The summed E-state index contributed by atoms with van der Waals surface area (Å²) in [6.07, 6.45) is 7.43. The van der Waals surface area contributed by atoms with Crippen molar-refractivity contribution in [2.75, 3.05) is 0 Å². The van der Waals surface area contributed by atoms with Gasteiger partial charge in [-0.05, 0) is 95.1 Å². The number of nitrogens with one attached hydrogen (secondary N) is 1. The first kappa shape index (κ1) is 45.8. The Morgan fingerprint density at radius 1 is 0.900 bits per heavy atom. The number of Topliss-reactive ketones (excluding diaryl/α,β-unsaturated/α-hetero) is 1. The number of hydrogen-bond acceptors (Lipinski definition) is 10. The number of carboxylic acid groups (broad SMARTS) is 1. The average molecular weight is 838 g/mol. The van der Waals surface area contributed by atoms with Crippen LogP contribution in [0.25, 0.3) is 0 Å². The topological polar surface area (TPSA) is 153 Å². The third kappa shape index (κ3) is 7.66. The predicted molar refractivity (Wildman–Crippen MR) is 228 cm³/mol. The molecule has 2 unspecified atom stereocenters. The van der Waals surface area contributed by atoms with Crippen LogP contribution in [0.3, 0.4) is 0 Å². The summed E-state index contributed by atoms with van der Waals surface area (Å²) in [5, 5.41) is 36.8. The highest BCUT2D eigenvalue weighted by Crippen LogP contribution is 2.73. The Bertz CT molecular complexity index is 1730. The maximum atomic E-state index is 14.7. The number of carbonyl (C=O) groups excluding carboxylic acids is 1. The summed E-state index contributed by atoms with van der Waals surface area (Å²) in [6, 6.07) is 10.3. The van der Waals surface area contributed by atoms with E-state index in [1.807, 2.05) is 59.7 Å². The molecule has 7 rings (SSSR count). The summed E-state index contributed by atoms with van der Waals surface area (Å²) in [7, 11) is 0. The normalized spacial score (nSPS) is 44.9. The van der Waals surface area contributed by atoms with E-state index in [1.165, 1.54) is 0 Å². The van der Waals surface area contributed by atoms with Gasteiger partial charge in [0.25, 0.3) is 0 Å². The highest BCUT2D eigenvalue weighted by Gasteiger charge is 2.88. The molecule has 11 heteroatoms. The molecular formula is C49H75NO10. The lowest BCUT2D eigenvalue weighted by Gasteiger charge is -2.53. The highest BCUT2D eigenvalue weighted by molar-refractivity contribution is 5.84. The molecule has 6 aliphatic rings. The van der Waals surface area contributed by atoms with Crippen LogP contribution < -0.4 is 5.32 Å². The second kappa shape index (κ2) is 17.1. The minimum Gasteiger partial charge on any atom is -0.481 e. The number of ketones is 1. The zero-order valence-corrected chi connectivity index (χ0v) is 37.9. The highest BCUT2D eigenvalue weighted by atomic mass is 16.8. The molecule has 5 aliphatic heterocycles. The van der Waals surface area contributed by atoms with Gasteiger partial charge in [0.05, 0.1) is 53.7 Å². The van der Waals surface area contributed by atoms with Gasteiger partial charge >= 0.3 is 5.97 Å². The molecule has 19 atom stereocenters. The van der Waals surface area contributed by atoms with Gasteiger partial charge in [-0.15, -0.1) is 0 Å². The molecule has 60 heavy (non-hydrogen) atoms. The molecule has 1 aromatic carbocycles. The monoisotopic (exact) mass is 838 g/mol. The van der Waals surface area contributed by atoms with Gasteiger partial charge in [-0.25, -0.2) is 0 Å². The Labute approximate surface area is 358 Å². The minimum atomic E-state index is -1.15. The maximum Gasteiger partial charge on any atom is 0.309 e. The van der Waals surface area contributed by atoms with Crippen LogP contribution in [0.5, 0.6) is 0 Å². The van der Waals surface area contributed by atoms with Crippen LogP contribution >= 0.6 is 0 Å². The first-order chi connectivity index (χ1) is 28.3. The molecule has 1 saturated carbocycles. The summed E-state index contributed by atoms with van der Waals surface area (Å²) in [5.41, 5.74) is -0.943. The van der Waals surface area contributed by atoms with E-state index >= 15 is 0 Å². The van der Waals surface area contributed by atoms with Crippen LogP contribution in [0, 0.1) is 47.3 Å². The lowest BCUT2D eigenvalue weighted by atomic mass is 9.72. The number of fused-ring (bicyclic) bond motifs is 1. The summed E-state index contributed by atoms with van der Waals surface area (Å²) < 4.78 is 35.0. The zero-order valence-electron chi connectivity index (χ0n) is 37.9. The molecule has 4 saturated heterocycles. The van der Waals surface area contributed by atoms with Crippen LogP contribution in [0.4, 0.5) is 0 Å². The molecule has 5 heterocycles. The molecule has 11 nitrogen and oxygen atoms in total. The average Bonchev–Trinajstić information content (AvgIpc) is 3.59. The standard InChI is InChI=1S/C49H75NO10/c1-11-35(44(53)54)37-20-19-28(4)42(57-37)32(8)40(51)31(7)41(52)36(12-2)43-29(5)25-30(6)48(58-43)24-23-47(50-27-34-17-15-14-16-18-34)38-26-45(10,59-49(38,47)60-48)39-21-22-46(55,13-3)33(9)56-39/h14-18,23-24,28-33,35-40,42-43,50-51,55H,11-13,19-22,25-27H2,1-10H3,(H,53,54)/t28-,29-,30+,31-,32-,33-,35+,36-,37+,38?,39+,40+,42+,43-,45-,46+,47-,48?,49-/m0/s1. The minimum absolute atomic E-state index is 0.0267. The van der Waals surface area contributed by atoms with Crippen molar-refractivity contribution in [3.8, 4) is 0 Å². The van der Waals surface area contributed by atoms with E-state index in [2.05, 4.69) is 57.3 Å². The Hall–Kier alpha value is -2.22. The van der Waals surface area contributed by atoms with Crippen molar-refractivity contribution in [3.05, 3.63) is 48.0 Å². The van der Waals surface area contributed by atoms with Crippen molar-refractivity contribution in [1.29, 1.82) is 0 Å². The quantitative estimate of drug-likeness (QED) is 0.129. The van der Waals surface area contributed by atoms with Gasteiger partial charge in [0.2, 0.25) is 0 Å². The zero-order chi connectivity index (χ0) is 43.6. The Morgan fingerprint density at radius 2 is 1.60 bits per heavy atom. The maximum absolute atomic E-state index is 14.7. The van der Waals surface area contributed by atoms with E-state index in [1.54, 1.807) is 0 Å².